The quantitative estimate of drug-likeness (QED) is 0.542. The van der Waals surface area contributed by atoms with Crippen LogP contribution in [-0.2, 0) is 0 Å². The van der Waals surface area contributed by atoms with Crippen molar-refractivity contribution in [3.63, 3.8) is 0 Å². The predicted octanol–water partition coefficient (Wildman–Crippen LogP) is 0.841. The molecule has 2 heteroatoms. The Balaban J connectivity index is 2.13. The molecule has 0 aromatic carbocycles. The summed E-state index contributed by atoms with van der Waals surface area (Å²) in [6.45, 7) is 3.12. The van der Waals surface area contributed by atoms with Crippen molar-refractivity contribution in [2.75, 3.05) is 12.3 Å². The Hall–Kier alpha value is 0.310. The Kier molecular flexibility index (Phi) is 1.30. The molecule has 1 nitrogen and oxygen atoms in total. The van der Waals surface area contributed by atoms with Crippen molar-refractivity contribution < 1.29 is 0 Å². The van der Waals surface area contributed by atoms with Crippen LogP contribution in [0.25, 0.3) is 0 Å². The fourth-order valence-electron chi connectivity index (χ4n) is 0.573. The molecule has 1 saturated heterocycles. The average molecular weight is 117 g/mol. The van der Waals surface area contributed by atoms with E-state index >= 15 is 0 Å². The minimum Gasteiger partial charge on any atom is -0.330 e. The van der Waals surface area contributed by atoms with Crippen LogP contribution in [-0.4, -0.2) is 17.0 Å². The number of hydrogen-bond acceptors (Lipinski definition) is 2. The minimum absolute atomic E-state index is 0.592. The Morgan fingerprint density at radius 2 is 2.43 bits per heavy atom. The molecule has 1 fully saturated rings. The summed E-state index contributed by atoms with van der Waals surface area (Å²) in [5.41, 5.74) is 5.34. The molecule has 7 heavy (non-hydrogen) atoms. The molecule has 1 rings (SSSR count). The number of thioether (sulfide) groups is 1. The molecule has 0 spiro atoms. The summed E-state index contributed by atoms with van der Waals surface area (Å²) in [7, 11) is 0. The Labute approximate surface area is 48.7 Å². The molecule has 0 radical (unpaired) electrons. The number of hydrogen-bond donors (Lipinski definition) is 1. The van der Waals surface area contributed by atoms with Crippen molar-refractivity contribution in [1.82, 2.24) is 0 Å². The van der Waals surface area contributed by atoms with E-state index in [9.17, 15) is 0 Å². The van der Waals surface area contributed by atoms with E-state index in [4.69, 9.17) is 5.73 Å². The molecule has 0 saturated carbocycles. The maximum absolute atomic E-state index is 5.34. The molecule has 2 N–H and O–H groups in total. The molecule has 1 atom stereocenters. The van der Waals surface area contributed by atoms with E-state index in [-0.39, 0.29) is 0 Å². The lowest BCUT2D eigenvalue weighted by molar-refractivity contribution is 0.713. The molecule has 1 aliphatic heterocycles. The van der Waals surface area contributed by atoms with E-state index in [0.717, 1.165) is 6.54 Å². The highest BCUT2D eigenvalue weighted by Crippen LogP contribution is 2.46. The Bertz CT molecular complexity index is 68.5. The van der Waals surface area contributed by atoms with Gasteiger partial charge in [0.25, 0.3) is 0 Å². The molecule has 1 heterocycles. The summed E-state index contributed by atoms with van der Waals surface area (Å²) in [6, 6.07) is 0. The molecule has 1 unspecified atom stereocenters. The molecule has 42 valence electrons. The van der Waals surface area contributed by atoms with E-state index in [1.807, 2.05) is 11.8 Å². The van der Waals surface area contributed by atoms with Crippen molar-refractivity contribution >= 4 is 11.8 Å². The molecular formula is C5H11NS. The van der Waals surface area contributed by atoms with Crippen molar-refractivity contribution in [2.45, 2.75) is 18.1 Å². The monoisotopic (exact) mass is 117 g/mol. The third-order valence-corrected chi connectivity index (χ3v) is 2.79. The SMILES string of the molecule is CC1(CCN)CS1. The van der Waals surface area contributed by atoms with Gasteiger partial charge in [-0.15, -0.1) is 0 Å². The fourth-order valence-corrected chi connectivity index (χ4v) is 1.23. The smallest absolute Gasteiger partial charge is 0.0234 e. The lowest BCUT2D eigenvalue weighted by Crippen LogP contribution is -2.10. The van der Waals surface area contributed by atoms with E-state index in [2.05, 4.69) is 6.92 Å². The zero-order valence-electron chi connectivity index (χ0n) is 4.61. The molecular weight excluding hydrogens is 106 g/mol. The minimum atomic E-state index is 0.592. The molecule has 0 aliphatic carbocycles. The second-order valence-corrected chi connectivity index (χ2v) is 3.84. The van der Waals surface area contributed by atoms with Gasteiger partial charge >= 0.3 is 0 Å². The summed E-state index contributed by atoms with van der Waals surface area (Å²) >= 11 is 2.02. The van der Waals surface area contributed by atoms with Gasteiger partial charge in [0, 0.05) is 10.5 Å². The van der Waals surface area contributed by atoms with Crippen LogP contribution in [0.15, 0.2) is 0 Å². The first-order valence-electron chi connectivity index (χ1n) is 2.61. The Morgan fingerprint density at radius 1 is 1.86 bits per heavy atom. The predicted molar refractivity (Wildman–Crippen MR) is 34.5 cm³/mol. The third kappa shape index (κ3) is 1.35. The van der Waals surface area contributed by atoms with Crippen LogP contribution in [0.5, 0.6) is 0 Å². The maximum atomic E-state index is 5.34. The Morgan fingerprint density at radius 3 is 2.57 bits per heavy atom. The van der Waals surface area contributed by atoms with Crippen LogP contribution < -0.4 is 5.73 Å². The first kappa shape index (κ1) is 5.45. The van der Waals surface area contributed by atoms with Crippen molar-refractivity contribution in [2.24, 2.45) is 5.73 Å². The maximum Gasteiger partial charge on any atom is 0.0234 e. The van der Waals surface area contributed by atoms with Gasteiger partial charge in [0.2, 0.25) is 0 Å². The van der Waals surface area contributed by atoms with Gasteiger partial charge in [-0.1, -0.05) is 0 Å². The largest absolute Gasteiger partial charge is 0.330 e. The highest BCUT2D eigenvalue weighted by atomic mass is 32.2. The van der Waals surface area contributed by atoms with Gasteiger partial charge in [-0.05, 0) is 19.9 Å². The molecule has 0 aromatic rings. The van der Waals surface area contributed by atoms with Gasteiger partial charge in [0.05, 0.1) is 0 Å². The fraction of sp³-hybridized carbons (Fsp3) is 1.00. The molecule has 0 amide bonds. The summed E-state index contributed by atoms with van der Waals surface area (Å²) in [5.74, 6) is 1.32. The third-order valence-electron chi connectivity index (χ3n) is 1.31. The summed E-state index contributed by atoms with van der Waals surface area (Å²) in [4.78, 5) is 0. The summed E-state index contributed by atoms with van der Waals surface area (Å²) < 4.78 is 0.592. The van der Waals surface area contributed by atoms with Gasteiger partial charge in [-0.25, -0.2) is 0 Å². The molecule has 1 aliphatic rings. The number of rotatable bonds is 2. The standard InChI is InChI=1S/C5H11NS/c1-5(2-3-6)4-7-5/h2-4,6H2,1H3. The topological polar surface area (TPSA) is 26.0 Å². The van der Waals surface area contributed by atoms with Crippen LogP contribution in [0.2, 0.25) is 0 Å². The van der Waals surface area contributed by atoms with Crippen LogP contribution in [0.1, 0.15) is 13.3 Å². The van der Waals surface area contributed by atoms with E-state index in [0.29, 0.717) is 4.75 Å². The first-order valence-corrected chi connectivity index (χ1v) is 3.59. The van der Waals surface area contributed by atoms with Crippen molar-refractivity contribution in [3.05, 3.63) is 0 Å². The van der Waals surface area contributed by atoms with Crippen molar-refractivity contribution in [3.8, 4) is 0 Å². The zero-order valence-corrected chi connectivity index (χ0v) is 5.42. The highest BCUT2D eigenvalue weighted by molar-refractivity contribution is 8.07. The van der Waals surface area contributed by atoms with Crippen LogP contribution in [0.3, 0.4) is 0 Å². The van der Waals surface area contributed by atoms with Gasteiger partial charge in [0.15, 0.2) is 0 Å². The van der Waals surface area contributed by atoms with E-state index < -0.39 is 0 Å². The van der Waals surface area contributed by atoms with Crippen LogP contribution in [0, 0.1) is 0 Å². The van der Waals surface area contributed by atoms with E-state index in [1.165, 1.54) is 12.2 Å². The first-order chi connectivity index (χ1) is 3.27. The van der Waals surface area contributed by atoms with Crippen LogP contribution in [0.4, 0.5) is 0 Å². The summed E-state index contributed by atoms with van der Waals surface area (Å²) in [5, 5.41) is 0. The number of nitrogens with two attached hydrogens (primary N) is 1. The highest BCUT2D eigenvalue weighted by Gasteiger charge is 2.37. The lowest BCUT2D eigenvalue weighted by Gasteiger charge is -1.99. The lowest BCUT2D eigenvalue weighted by atomic mass is 10.1. The normalized spacial score (nSPS) is 38.6. The second kappa shape index (κ2) is 1.67. The van der Waals surface area contributed by atoms with Gasteiger partial charge in [-0.3, -0.25) is 0 Å². The molecule has 0 bridgehead atoms. The van der Waals surface area contributed by atoms with Gasteiger partial charge in [0.1, 0.15) is 0 Å². The van der Waals surface area contributed by atoms with E-state index in [1.54, 1.807) is 0 Å². The van der Waals surface area contributed by atoms with Gasteiger partial charge < -0.3 is 5.73 Å². The molecule has 0 aromatic heterocycles. The summed E-state index contributed by atoms with van der Waals surface area (Å²) in [6.07, 6.45) is 1.19. The average Bonchev–Trinajstić information content (AvgIpc) is 2.22. The van der Waals surface area contributed by atoms with Gasteiger partial charge in [-0.2, -0.15) is 11.8 Å². The van der Waals surface area contributed by atoms with Crippen molar-refractivity contribution in [1.29, 1.82) is 0 Å². The van der Waals surface area contributed by atoms with Crippen LogP contribution >= 0.6 is 11.8 Å². The zero-order chi connectivity index (χ0) is 5.33. The second-order valence-electron chi connectivity index (χ2n) is 2.28.